The van der Waals surface area contributed by atoms with Crippen molar-refractivity contribution < 1.29 is 23.1 Å². The highest BCUT2D eigenvalue weighted by molar-refractivity contribution is 9.11. The number of hydrogen-bond donors (Lipinski definition) is 1. The maximum Gasteiger partial charge on any atom is 0.346 e. The van der Waals surface area contributed by atoms with Crippen LogP contribution in [0.5, 0.6) is 0 Å². The van der Waals surface area contributed by atoms with Gasteiger partial charge in [0.1, 0.15) is 5.83 Å². The highest BCUT2D eigenvalue weighted by Crippen LogP contribution is 2.38. The van der Waals surface area contributed by atoms with Gasteiger partial charge in [-0.25, -0.2) is 18.0 Å². The Hall–Kier alpha value is -0.780. The maximum atomic E-state index is 13.2. The summed E-state index contributed by atoms with van der Waals surface area (Å²) in [6.45, 7) is 0. The van der Waals surface area contributed by atoms with Crippen LogP contribution >= 0.6 is 15.9 Å². The monoisotopic (exact) mass is 256 g/mol. The number of alkyl halides is 1. The van der Waals surface area contributed by atoms with Crippen LogP contribution in [-0.4, -0.2) is 16.7 Å². The number of halogens is 4. The van der Waals surface area contributed by atoms with Gasteiger partial charge in [0, 0.05) is 0 Å². The van der Waals surface area contributed by atoms with Crippen molar-refractivity contribution in [2.75, 3.05) is 0 Å². The normalized spacial score (nSPS) is 28.8. The molecule has 0 radical (unpaired) electrons. The largest absolute Gasteiger partial charge is 0.479 e. The average molecular weight is 257 g/mol. The number of carbonyl (C=O) groups is 1. The first-order valence-electron chi connectivity index (χ1n) is 3.22. The van der Waals surface area contributed by atoms with Crippen molar-refractivity contribution in [3.8, 4) is 0 Å². The Morgan fingerprint density at radius 1 is 1.62 bits per heavy atom. The van der Waals surface area contributed by atoms with Crippen molar-refractivity contribution in [3.05, 3.63) is 22.2 Å². The van der Waals surface area contributed by atoms with Crippen molar-refractivity contribution in [1.29, 1.82) is 0 Å². The quantitative estimate of drug-likeness (QED) is 0.783. The molecule has 0 aromatic rings. The summed E-state index contributed by atoms with van der Waals surface area (Å²) in [6, 6.07) is 0. The van der Waals surface area contributed by atoms with Gasteiger partial charge in [-0.05, 0) is 22.0 Å². The minimum absolute atomic E-state index is 0.494. The number of carboxylic acids is 1. The van der Waals surface area contributed by atoms with Gasteiger partial charge in [-0.15, -0.1) is 0 Å². The fourth-order valence-corrected chi connectivity index (χ4v) is 1.46. The summed E-state index contributed by atoms with van der Waals surface area (Å²) in [5.74, 6) is -4.50. The molecule has 0 bridgehead atoms. The molecule has 0 fully saturated rings. The first kappa shape index (κ1) is 10.3. The van der Waals surface area contributed by atoms with Crippen molar-refractivity contribution in [2.24, 2.45) is 0 Å². The molecule has 2 nitrogen and oxygen atoms in total. The zero-order valence-electron chi connectivity index (χ0n) is 6.15. The van der Waals surface area contributed by atoms with Gasteiger partial charge in [-0.3, -0.25) is 0 Å². The topological polar surface area (TPSA) is 37.3 Å². The Balaban J connectivity index is 3.11. The highest BCUT2D eigenvalue weighted by Gasteiger charge is 2.42. The summed E-state index contributed by atoms with van der Waals surface area (Å²) >= 11 is 2.52. The van der Waals surface area contributed by atoms with Gasteiger partial charge in [-0.1, -0.05) is 0 Å². The second-order valence-electron chi connectivity index (χ2n) is 2.56. The minimum atomic E-state index is -2.86. The van der Waals surface area contributed by atoms with E-state index >= 15 is 0 Å². The molecule has 1 N–H and O–H groups in total. The van der Waals surface area contributed by atoms with Gasteiger partial charge in [0.05, 0.1) is 10.9 Å². The molecule has 0 aromatic heterocycles. The van der Waals surface area contributed by atoms with Crippen LogP contribution in [0.3, 0.4) is 0 Å². The molecule has 0 aromatic carbocycles. The van der Waals surface area contributed by atoms with E-state index in [1.165, 1.54) is 0 Å². The van der Waals surface area contributed by atoms with Crippen LogP contribution in [0.15, 0.2) is 22.2 Å². The van der Waals surface area contributed by atoms with Crippen molar-refractivity contribution in [1.82, 2.24) is 0 Å². The van der Waals surface area contributed by atoms with E-state index in [9.17, 15) is 18.0 Å². The Kier molecular flexibility index (Phi) is 2.51. The minimum Gasteiger partial charge on any atom is -0.479 e. The summed E-state index contributed by atoms with van der Waals surface area (Å²) < 4.78 is 37.9. The number of carboxylic acid groups (broad SMARTS) is 1. The third kappa shape index (κ3) is 1.77. The Morgan fingerprint density at radius 2 is 2.15 bits per heavy atom. The summed E-state index contributed by atoms with van der Waals surface area (Å²) in [4.78, 5) is 10.3. The van der Waals surface area contributed by atoms with Gasteiger partial charge in [-0.2, -0.15) is 0 Å². The average Bonchev–Trinajstić information content (AvgIpc) is 2.00. The molecule has 0 saturated carbocycles. The molecular formula is C7H4BrF3O2. The highest BCUT2D eigenvalue weighted by atomic mass is 79.9. The molecule has 6 heteroatoms. The van der Waals surface area contributed by atoms with E-state index in [4.69, 9.17) is 5.11 Å². The first-order valence-corrected chi connectivity index (χ1v) is 4.01. The van der Waals surface area contributed by atoms with Crippen LogP contribution in [0.2, 0.25) is 0 Å². The summed E-state index contributed by atoms with van der Waals surface area (Å²) in [6.07, 6.45) is -0.614. The third-order valence-electron chi connectivity index (χ3n) is 1.57. The lowest BCUT2D eigenvalue weighted by molar-refractivity contribution is -0.147. The zero-order valence-corrected chi connectivity index (χ0v) is 7.74. The van der Waals surface area contributed by atoms with E-state index in [2.05, 4.69) is 15.9 Å². The van der Waals surface area contributed by atoms with E-state index in [-0.39, 0.29) is 0 Å². The summed E-state index contributed by atoms with van der Waals surface area (Å²) in [5, 5.41) is 8.37. The van der Waals surface area contributed by atoms with Crippen molar-refractivity contribution in [3.63, 3.8) is 0 Å². The fraction of sp³-hybridized carbons (Fsp3) is 0.286. The van der Waals surface area contributed by atoms with Gasteiger partial charge in [0.15, 0.2) is 5.83 Å². The maximum absolute atomic E-state index is 13.2. The lowest BCUT2D eigenvalue weighted by Gasteiger charge is -2.19. The second kappa shape index (κ2) is 3.17. The number of allylic oxidation sites excluding steroid dienone is 3. The van der Waals surface area contributed by atoms with Crippen molar-refractivity contribution >= 4 is 21.9 Å². The van der Waals surface area contributed by atoms with E-state index in [1.807, 2.05) is 0 Å². The summed E-state index contributed by atoms with van der Waals surface area (Å²) in [5.41, 5.74) is -2.86. The van der Waals surface area contributed by atoms with Crippen LogP contribution in [0, 0.1) is 0 Å². The fourth-order valence-electron chi connectivity index (χ4n) is 0.886. The lowest BCUT2D eigenvalue weighted by Crippen LogP contribution is -2.33. The van der Waals surface area contributed by atoms with Crippen LogP contribution in [0.1, 0.15) is 6.42 Å². The first-order chi connectivity index (χ1) is 5.87. The molecule has 0 amide bonds. The molecular weight excluding hydrogens is 253 g/mol. The molecule has 1 atom stereocenters. The van der Waals surface area contributed by atoms with E-state index in [1.54, 1.807) is 0 Å². The van der Waals surface area contributed by atoms with Gasteiger partial charge < -0.3 is 5.11 Å². The molecule has 13 heavy (non-hydrogen) atoms. The van der Waals surface area contributed by atoms with Crippen LogP contribution in [-0.2, 0) is 4.79 Å². The van der Waals surface area contributed by atoms with Crippen LogP contribution in [0.25, 0.3) is 0 Å². The van der Waals surface area contributed by atoms with Gasteiger partial charge in [0.2, 0.25) is 5.67 Å². The SMILES string of the molecule is O=C(O)C1(F)C=C(Br)C(F)=C(F)C1. The Morgan fingerprint density at radius 3 is 2.54 bits per heavy atom. The zero-order chi connectivity index (χ0) is 10.2. The lowest BCUT2D eigenvalue weighted by atomic mass is 9.96. The third-order valence-corrected chi connectivity index (χ3v) is 2.15. The molecule has 0 spiro atoms. The number of rotatable bonds is 1. The predicted molar refractivity (Wildman–Crippen MR) is 42.3 cm³/mol. The smallest absolute Gasteiger partial charge is 0.346 e. The van der Waals surface area contributed by atoms with E-state index < -0.39 is 34.2 Å². The Bertz CT molecular complexity index is 324. The summed E-state index contributed by atoms with van der Waals surface area (Å²) in [7, 11) is 0. The van der Waals surface area contributed by atoms with E-state index in [0.29, 0.717) is 6.08 Å². The molecule has 72 valence electrons. The number of hydrogen-bond acceptors (Lipinski definition) is 1. The molecule has 1 aliphatic rings. The Labute approximate surface area is 79.9 Å². The molecule has 1 rings (SSSR count). The molecule has 0 saturated heterocycles. The molecule has 0 heterocycles. The molecule has 1 unspecified atom stereocenters. The van der Waals surface area contributed by atoms with Crippen LogP contribution < -0.4 is 0 Å². The van der Waals surface area contributed by atoms with Gasteiger partial charge >= 0.3 is 5.97 Å². The second-order valence-corrected chi connectivity index (χ2v) is 3.41. The standard InChI is InChI=1S/C7H4BrF3O2/c8-3-1-7(11,6(12)13)2-4(9)5(3)10/h1H,2H2,(H,12,13). The van der Waals surface area contributed by atoms with E-state index in [0.717, 1.165) is 0 Å². The van der Waals surface area contributed by atoms with Crippen LogP contribution in [0.4, 0.5) is 13.2 Å². The molecule has 0 aliphatic heterocycles. The van der Waals surface area contributed by atoms with Gasteiger partial charge in [0.25, 0.3) is 0 Å². The molecule has 1 aliphatic carbocycles. The number of aliphatic carboxylic acids is 1. The predicted octanol–water partition coefficient (Wildman–Crippen LogP) is 2.61. The van der Waals surface area contributed by atoms with Crippen molar-refractivity contribution in [2.45, 2.75) is 12.1 Å².